The summed E-state index contributed by atoms with van der Waals surface area (Å²) in [6, 6.07) is 5.08. The third kappa shape index (κ3) is 4.79. The van der Waals surface area contributed by atoms with E-state index in [0.717, 1.165) is 12.8 Å². The molecule has 0 bridgehead atoms. The summed E-state index contributed by atoms with van der Waals surface area (Å²) >= 11 is 1.36. The summed E-state index contributed by atoms with van der Waals surface area (Å²) in [5, 5.41) is 5.16. The number of carbonyl (C=O) groups excluding carboxylic acids is 3. The van der Waals surface area contributed by atoms with Crippen molar-refractivity contribution in [2.75, 3.05) is 31.6 Å². The summed E-state index contributed by atoms with van der Waals surface area (Å²) in [6.45, 7) is 1.93. The molecule has 2 amide bonds. The summed E-state index contributed by atoms with van der Waals surface area (Å²) in [5.41, 5.74) is 0.506. The van der Waals surface area contributed by atoms with Gasteiger partial charge in [0.2, 0.25) is 11.8 Å². The molecule has 1 N–H and O–H groups in total. The number of aromatic nitrogens is 1. The standard InChI is InChI=1S/C21H23N3O5S/c25-16(14-3-5-17-18(12-14)29-10-9-28-17)4-6-19(26)24-8-1-2-15(13-24)20(27)23-21-22-7-11-30-21/h3,5,7,11-12,15H,1-2,4,6,8-10,13H2,(H,22,23,27). The number of rotatable bonds is 6. The van der Waals surface area contributed by atoms with Crippen molar-refractivity contribution >= 4 is 34.1 Å². The van der Waals surface area contributed by atoms with Gasteiger partial charge in [0.1, 0.15) is 13.2 Å². The number of Topliss-reactive ketones (excluding diaryl/α,β-unsaturated/α-hetero) is 1. The van der Waals surface area contributed by atoms with Gasteiger partial charge >= 0.3 is 0 Å². The largest absolute Gasteiger partial charge is 0.486 e. The first kappa shape index (κ1) is 20.3. The van der Waals surface area contributed by atoms with Gasteiger partial charge in [0, 0.05) is 43.1 Å². The van der Waals surface area contributed by atoms with E-state index in [2.05, 4.69) is 10.3 Å². The number of carbonyl (C=O) groups is 3. The Morgan fingerprint density at radius 3 is 2.80 bits per heavy atom. The van der Waals surface area contributed by atoms with Crippen molar-refractivity contribution in [3.8, 4) is 11.5 Å². The van der Waals surface area contributed by atoms with E-state index in [-0.39, 0.29) is 36.4 Å². The molecule has 9 heteroatoms. The smallest absolute Gasteiger partial charge is 0.231 e. The zero-order chi connectivity index (χ0) is 20.9. The Morgan fingerprint density at radius 1 is 1.17 bits per heavy atom. The fraction of sp³-hybridized carbons (Fsp3) is 0.429. The number of likely N-dealkylation sites (tertiary alicyclic amines) is 1. The van der Waals surface area contributed by atoms with E-state index < -0.39 is 0 Å². The first-order valence-corrected chi connectivity index (χ1v) is 10.9. The average Bonchev–Trinajstić information content (AvgIpc) is 3.30. The maximum Gasteiger partial charge on any atom is 0.231 e. The molecule has 30 heavy (non-hydrogen) atoms. The fourth-order valence-corrected chi connectivity index (χ4v) is 4.18. The summed E-state index contributed by atoms with van der Waals surface area (Å²) in [4.78, 5) is 43.4. The van der Waals surface area contributed by atoms with E-state index in [9.17, 15) is 14.4 Å². The van der Waals surface area contributed by atoms with Crippen LogP contribution in [0, 0.1) is 5.92 Å². The summed E-state index contributed by atoms with van der Waals surface area (Å²) in [5.74, 6) is 0.589. The number of nitrogens with one attached hydrogen (secondary N) is 1. The second-order valence-electron chi connectivity index (χ2n) is 7.29. The molecule has 2 aliphatic rings. The van der Waals surface area contributed by atoms with Crippen molar-refractivity contribution in [3.63, 3.8) is 0 Å². The Balaban J connectivity index is 1.29. The van der Waals surface area contributed by atoms with Crippen LogP contribution in [-0.4, -0.2) is 53.8 Å². The highest BCUT2D eigenvalue weighted by atomic mass is 32.1. The molecule has 0 saturated carbocycles. The minimum absolute atomic E-state index is 0.104. The minimum Gasteiger partial charge on any atom is -0.486 e. The second kappa shape index (κ2) is 9.25. The molecule has 1 saturated heterocycles. The molecular formula is C21H23N3O5S. The lowest BCUT2D eigenvalue weighted by Crippen LogP contribution is -2.43. The van der Waals surface area contributed by atoms with E-state index in [1.165, 1.54) is 11.3 Å². The number of piperidine rings is 1. The highest BCUT2D eigenvalue weighted by molar-refractivity contribution is 7.13. The first-order chi connectivity index (χ1) is 14.6. The normalized spacial score (nSPS) is 18.0. The lowest BCUT2D eigenvalue weighted by Gasteiger charge is -2.32. The van der Waals surface area contributed by atoms with Gasteiger partial charge in [0.05, 0.1) is 5.92 Å². The number of ether oxygens (including phenoxy) is 2. The molecule has 0 aliphatic carbocycles. The van der Waals surface area contributed by atoms with Gasteiger partial charge in [-0.1, -0.05) is 0 Å². The van der Waals surface area contributed by atoms with Crippen LogP contribution in [-0.2, 0) is 9.59 Å². The third-order valence-electron chi connectivity index (χ3n) is 5.24. The Bertz CT molecular complexity index is 931. The van der Waals surface area contributed by atoms with Crippen LogP contribution in [0.25, 0.3) is 0 Å². The lowest BCUT2D eigenvalue weighted by molar-refractivity contribution is -0.134. The van der Waals surface area contributed by atoms with Crippen LogP contribution in [0.5, 0.6) is 11.5 Å². The molecule has 0 spiro atoms. The number of amides is 2. The number of fused-ring (bicyclic) bond motifs is 1. The molecule has 4 rings (SSSR count). The van der Waals surface area contributed by atoms with Gasteiger partial charge in [-0.2, -0.15) is 0 Å². The number of thiazole rings is 1. The molecule has 1 atom stereocenters. The molecule has 2 aromatic rings. The van der Waals surface area contributed by atoms with Crippen LogP contribution < -0.4 is 14.8 Å². The summed E-state index contributed by atoms with van der Waals surface area (Å²) < 4.78 is 11.0. The van der Waals surface area contributed by atoms with Gasteiger partial charge in [-0.05, 0) is 31.0 Å². The molecule has 158 valence electrons. The lowest BCUT2D eigenvalue weighted by atomic mass is 9.96. The van der Waals surface area contributed by atoms with E-state index in [4.69, 9.17) is 9.47 Å². The molecule has 1 aromatic carbocycles. The Labute approximate surface area is 178 Å². The SMILES string of the molecule is O=C(CCC(=O)N1CCCC(C(=O)Nc2nccs2)C1)c1ccc2c(c1)OCCO2. The Hall–Kier alpha value is -2.94. The monoisotopic (exact) mass is 429 g/mol. The zero-order valence-electron chi connectivity index (χ0n) is 16.5. The van der Waals surface area contributed by atoms with E-state index in [1.807, 2.05) is 0 Å². The van der Waals surface area contributed by atoms with E-state index in [1.54, 1.807) is 34.7 Å². The fourth-order valence-electron chi connectivity index (χ4n) is 3.65. The number of hydrogen-bond donors (Lipinski definition) is 1. The first-order valence-electron chi connectivity index (χ1n) is 10.0. The predicted octanol–water partition coefficient (Wildman–Crippen LogP) is 2.75. The van der Waals surface area contributed by atoms with Gasteiger partial charge in [-0.3, -0.25) is 14.4 Å². The maximum atomic E-state index is 12.6. The van der Waals surface area contributed by atoms with Crippen molar-refractivity contribution in [2.45, 2.75) is 25.7 Å². The maximum absolute atomic E-state index is 12.6. The van der Waals surface area contributed by atoms with Gasteiger partial charge in [0.15, 0.2) is 22.4 Å². The van der Waals surface area contributed by atoms with Crippen molar-refractivity contribution in [1.29, 1.82) is 0 Å². The van der Waals surface area contributed by atoms with Crippen LogP contribution in [0.2, 0.25) is 0 Å². The number of ketones is 1. The number of benzene rings is 1. The van der Waals surface area contributed by atoms with Crippen LogP contribution in [0.4, 0.5) is 5.13 Å². The van der Waals surface area contributed by atoms with Gasteiger partial charge in [-0.25, -0.2) is 4.98 Å². The van der Waals surface area contributed by atoms with Crippen molar-refractivity contribution in [2.24, 2.45) is 5.92 Å². The van der Waals surface area contributed by atoms with E-state index >= 15 is 0 Å². The average molecular weight is 429 g/mol. The predicted molar refractivity (Wildman–Crippen MR) is 111 cm³/mol. The molecule has 2 aliphatic heterocycles. The van der Waals surface area contributed by atoms with Crippen LogP contribution in [0.3, 0.4) is 0 Å². The summed E-state index contributed by atoms with van der Waals surface area (Å²) in [7, 11) is 0. The molecule has 1 unspecified atom stereocenters. The number of nitrogens with zero attached hydrogens (tertiary/aromatic N) is 2. The van der Waals surface area contributed by atoms with Crippen LogP contribution >= 0.6 is 11.3 Å². The summed E-state index contributed by atoms with van der Waals surface area (Å²) in [6.07, 6.45) is 3.36. The molecule has 0 radical (unpaired) electrons. The van der Waals surface area contributed by atoms with Crippen LogP contribution in [0.15, 0.2) is 29.8 Å². The van der Waals surface area contributed by atoms with Crippen molar-refractivity contribution in [1.82, 2.24) is 9.88 Å². The van der Waals surface area contributed by atoms with Crippen molar-refractivity contribution < 1.29 is 23.9 Å². The number of hydrogen-bond acceptors (Lipinski definition) is 7. The topological polar surface area (TPSA) is 97.8 Å². The Morgan fingerprint density at radius 2 is 2.00 bits per heavy atom. The van der Waals surface area contributed by atoms with E-state index in [0.29, 0.717) is 48.5 Å². The Kier molecular flexibility index (Phi) is 6.27. The molecule has 1 aromatic heterocycles. The van der Waals surface area contributed by atoms with Gasteiger partial charge in [0.25, 0.3) is 0 Å². The molecular weight excluding hydrogens is 406 g/mol. The molecule has 3 heterocycles. The molecule has 1 fully saturated rings. The van der Waals surface area contributed by atoms with Gasteiger partial charge in [-0.15, -0.1) is 11.3 Å². The highest BCUT2D eigenvalue weighted by Gasteiger charge is 2.29. The highest BCUT2D eigenvalue weighted by Crippen LogP contribution is 2.31. The molecule has 8 nitrogen and oxygen atoms in total. The van der Waals surface area contributed by atoms with Crippen LogP contribution in [0.1, 0.15) is 36.0 Å². The quantitative estimate of drug-likeness (QED) is 0.709. The third-order valence-corrected chi connectivity index (χ3v) is 5.93. The van der Waals surface area contributed by atoms with Crippen molar-refractivity contribution in [3.05, 3.63) is 35.3 Å². The zero-order valence-corrected chi connectivity index (χ0v) is 17.3. The minimum atomic E-state index is -0.264. The number of anilines is 1. The van der Waals surface area contributed by atoms with Gasteiger partial charge < -0.3 is 19.7 Å². The second-order valence-corrected chi connectivity index (χ2v) is 8.18.